The van der Waals surface area contributed by atoms with Gasteiger partial charge in [-0.1, -0.05) is 80.8 Å². The Balaban J connectivity index is 1.84. The Morgan fingerprint density at radius 2 is 1.31 bits per heavy atom. The average molecular weight is 350 g/mol. The predicted molar refractivity (Wildman–Crippen MR) is 105 cm³/mol. The fourth-order valence-corrected chi connectivity index (χ4v) is 3.26. The lowest BCUT2D eigenvalue weighted by Crippen LogP contribution is -1.90. The molecule has 3 aromatic rings. The molecule has 26 heavy (non-hydrogen) atoms. The SMILES string of the molecule is CCCCCCc1ccc(-c2ccccc2-c2ccc(F)c(F)c2)cc1. The first-order valence-corrected chi connectivity index (χ1v) is 9.33. The normalized spacial score (nSPS) is 10.9. The van der Waals surface area contributed by atoms with Gasteiger partial charge in [0, 0.05) is 0 Å². The molecule has 0 aliphatic heterocycles. The second-order valence-corrected chi connectivity index (χ2v) is 6.68. The third-order valence-corrected chi connectivity index (χ3v) is 4.74. The van der Waals surface area contributed by atoms with Crippen LogP contribution in [0.1, 0.15) is 38.2 Å². The summed E-state index contributed by atoms with van der Waals surface area (Å²) in [6, 6.07) is 20.5. The summed E-state index contributed by atoms with van der Waals surface area (Å²) < 4.78 is 26.9. The minimum atomic E-state index is -0.821. The second-order valence-electron chi connectivity index (χ2n) is 6.68. The van der Waals surface area contributed by atoms with Gasteiger partial charge in [0.1, 0.15) is 0 Å². The Labute approximate surface area is 154 Å². The van der Waals surface area contributed by atoms with Crippen LogP contribution in [0.4, 0.5) is 8.78 Å². The van der Waals surface area contributed by atoms with Gasteiger partial charge in [0.2, 0.25) is 0 Å². The molecule has 3 rings (SSSR count). The maximum atomic E-state index is 13.7. The Bertz CT molecular complexity index is 850. The summed E-state index contributed by atoms with van der Waals surface area (Å²) in [5.74, 6) is -1.64. The van der Waals surface area contributed by atoms with Crippen LogP contribution in [0.15, 0.2) is 66.7 Å². The van der Waals surface area contributed by atoms with Crippen molar-refractivity contribution in [2.24, 2.45) is 0 Å². The topological polar surface area (TPSA) is 0 Å². The molecule has 0 aliphatic carbocycles. The summed E-state index contributed by atoms with van der Waals surface area (Å²) in [6.07, 6.45) is 6.14. The zero-order chi connectivity index (χ0) is 18.4. The van der Waals surface area contributed by atoms with E-state index in [1.807, 2.05) is 24.3 Å². The maximum Gasteiger partial charge on any atom is 0.159 e. The first-order chi connectivity index (χ1) is 12.7. The summed E-state index contributed by atoms with van der Waals surface area (Å²) in [5.41, 5.74) is 5.04. The van der Waals surface area contributed by atoms with Gasteiger partial charge in [-0.3, -0.25) is 0 Å². The summed E-state index contributed by atoms with van der Waals surface area (Å²) in [7, 11) is 0. The van der Waals surface area contributed by atoms with Crippen molar-refractivity contribution >= 4 is 0 Å². The van der Waals surface area contributed by atoms with Crippen LogP contribution >= 0.6 is 0 Å². The van der Waals surface area contributed by atoms with Gasteiger partial charge in [0.25, 0.3) is 0 Å². The number of unbranched alkanes of at least 4 members (excludes halogenated alkanes) is 3. The zero-order valence-electron chi connectivity index (χ0n) is 15.1. The van der Waals surface area contributed by atoms with E-state index < -0.39 is 11.6 Å². The standard InChI is InChI=1S/C24H24F2/c1-2-3-4-5-8-18-11-13-19(14-12-18)21-9-6-7-10-22(21)20-15-16-23(25)24(26)17-20/h6-7,9-17H,2-5,8H2,1H3. The number of hydrogen-bond donors (Lipinski definition) is 0. The van der Waals surface area contributed by atoms with Crippen LogP contribution in [0.25, 0.3) is 22.3 Å². The molecule has 0 aromatic heterocycles. The molecule has 0 amide bonds. The Kier molecular flexibility index (Phi) is 6.17. The van der Waals surface area contributed by atoms with Gasteiger partial charge in [0.05, 0.1) is 0 Å². The Morgan fingerprint density at radius 3 is 1.96 bits per heavy atom. The summed E-state index contributed by atoms with van der Waals surface area (Å²) >= 11 is 0. The van der Waals surface area contributed by atoms with E-state index >= 15 is 0 Å². The molecule has 2 heteroatoms. The summed E-state index contributed by atoms with van der Waals surface area (Å²) in [4.78, 5) is 0. The largest absolute Gasteiger partial charge is 0.204 e. The number of halogens is 2. The van der Waals surface area contributed by atoms with Crippen molar-refractivity contribution in [3.8, 4) is 22.3 Å². The highest BCUT2D eigenvalue weighted by Gasteiger charge is 2.10. The van der Waals surface area contributed by atoms with E-state index in [9.17, 15) is 8.78 Å². The molecule has 0 unspecified atom stereocenters. The van der Waals surface area contributed by atoms with Crippen LogP contribution in [0, 0.1) is 11.6 Å². The summed E-state index contributed by atoms with van der Waals surface area (Å²) in [5, 5.41) is 0. The van der Waals surface area contributed by atoms with Crippen molar-refractivity contribution in [3.05, 3.63) is 83.9 Å². The number of aryl methyl sites for hydroxylation is 1. The fraction of sp³-hybridized carbons (Fsp3) is 0.250. The molecule has 0 heterocycles. The first kappa shape index (κ1) is 18.3. The van der Waals surface area contributed by atoms with E-state index in [-0.39, 0.29) is 0 Å². The molecule has 3 aromatic carbocycles. The molecule has 0 radical (unpaired) electrons. The van der Waals surface area contributed by atoms with E-state index in [1.165, 1.54) is 43.4 Å². The number of hydrogen-bond acceptors (Lipinski definition) is 0. The van der Waals surface area contributed by atoms with Crippen LogP contribution in [-0.2, 0) is 6.42 Å². The molecule has 0 nitrogen and oxygen atoms in total. The Morgan fingerprint density at radius 1 is 0.654 bits per heavy atom. The number of benzene rings is 3. The van der Waals surface area contributed by atoms with Crippen molar-refractivity contribution in [1.82, 2.24) is 0 Å². The van der Waals surface area contributed by atoms with E-state index in [0.717, 1.165) is 23.1 Å². The fourth-order valence-electron chi connectivity index (χ4n) is 3.26. The predicted octanol–water partition coefficient (Wildman–Crippen LogP) is 7.42. The van der Waals surface area contributed by atoms with E-state index in [1.54, 1.807) is 6.07 Å². The third kappa shape index (κ3) is 4.37. The van der Waals surface area contributed by atoms with Gasteiger partial charge in [-0.05, 0) is 52.8 Å². The van der Waals surface area contributed by atoms with Gasteiger partial charge in [-0.2, -0.15) is 0 Å². The highest BCUT2D eigenvalue weighted by atomic mass is 19.2. The van der Waals surface area contributed by atoms with Gasteiger partial charge < -0.3 is 0 Å². The lowest BCUT2D eigenvalue weighted by Gasteiger charge is -2.11. The number of rotatable bonds is 7. The molecular weight excluding hydrogens is 326 g/mol. The van der Waals surface area contributed by atoms with Crippen LogP contribution in [0.3, 0.4) is 0 Å². The third-order valence-electron chi connectivity index (χ3n) is 4.74. The molecule has 134 valence electrons. The van der Waals surface area contributed by atoms with Crippen molar-refractivity contribution in [2.45, 2.75) is 39.0 Å². The lowest BCUT2D eigenvalue weighted by molar-refractivity contribution is 0.509. The molecule has 0 bridgehead atoms. The Hall–Kier alpha value is -2.48. The molecule has 0 N–H and O–H groups in total. The molecule has 0 saturated heterocycles. The van der Waals surface area contributed by atoms with Crippen LogP contribution in [0.2, 0.25) is 0 Å². The van der Waals surface area contributed by atoms with Crippen molar-refractivity contribution in [2.75, 3.05) is 0 Å². The van der Waals surface area contributed by atoms with Gasteiger partial charge in [0.15, 0.2) is 11.6 Å². The first-order valence-electron chi connectivity index (χ1n) is 9.33. The lowest BCUT2D eigenvalue weighted by atomic mass is 9.93. The van der Waals surface area contributed by atoms with E-state index in [2.05, 4.69) is 31.2 Å². The highest BCUT2D eigenvalue weighted by molar-refractivity contribution is 5.83. The van der Waals surface area contributed by atoms with Crippen LogP contribution in [0.5, 0.6) is 0 Å². The monoisotopic (exact) mass is 350 g/mol. The smallest absolute Gasteiger partial charge is 0.159 e. The summed E-state index contributed by atoms with van der Waals surface area (Å²) in [6.45, 7) is 2.22. The molecule has 0 saturated carbocycles. The molecule has 0 atom stereocenters. The van der Waals surface area contributed by atoms with Crippen molar-refractivity contribution in [1.29, 1.82) is 0 Å². The highest BCUT2D eigenvalue weighted by Crippen LogP contribution is 2.32. The quantitative estimate of drug-likeness (QED) is 0.389. The molecule has 0 fully saturated rings. The van der Waals surface area contributed by atoms with Crippen molar-refractivity contribution < 1.29 is 8.78 Å². The van der Waals surface area contributed by atoms with E-state index in [4.69, 9.17) is 0 Å². The zero-order valence-corrected chi connectivity index (χ0v) is 15.1. The molecule has 0 spiro atoms. The van der Waals surface area contributed by atoms with Gasteiger partial charge in [-0.25, -0.2) is 8.78 Å². The minimum absolute atomic E-state index is 0.683. The van der Waals surface area contributed by atoms with Gasteiger partial charge in [-0.15, -0.1) is 0 Å². The minimum Gasteiger partial charge on any atom is -0.204 e. The second kappa shape index (κ2) is 8.75. The molecular formula is C24H24F2. The average Bonchev–Trinajstić information content (AvgIpc) is 2.68. The van der Waals surface area contributed by atoms with Crippen LogP contribution in [-0.4, -0.2) is 0 Å². The van der Waals surface area contributed by atoms with Gasteiger partial charge >= 0.3 is 0 Å². The van der Waals surface area contributed by atoms with Crippen LogP contribution < -0.4 is 0 Å². The molecule has 0 aliphatic rings. The maximum absolute atomic E-state index is 13.7. The van der Waals surface area contributed by atoms with Crippen molar-refractivity contribution in [3.63, 3.8) is 0 Å². The van der Waals surface area contributed by atoms with E-state index in [0.29, 0.717) is 5.56 Å².